The van der Waals surface area contributed by atoms with Crippen LogP contribution in [0.1, 0.15) is 19.3 Å². The van der Waals surface area contributed by atoms with E-state index in [9.17, 15) is 22.4 Å². The molecule has 2 atom stereocenters. The minimum absolute atomic E-state index is 0. The number of halogens is 5. The Hall–Kier alpha value is -1.74. The number of amides is 1. The Morgan fingerprint density at radius 1 is 1.17 bits per heavy atom. The van der Waals surface area contributed by atoms with Crippen molar-refractivity contribution in [3.8, 4) is 11.5 Å². The summed E-state index contributed by atoms with van der Waals surface area (Å²) in [6, 6.07) is 3.10. The second-order valence-electron chi connectivity index (χ2n) is 5.17. The predicted octanol–water partition coefficient (Wildman–Crippen LogP) is 3.38. The minimum atomic E-state index is -3.17. The zero-order valence-electron chi connectivity index (χ0n) is 12.4. The van der Waals surface area contributed by atoms with Gasteiger partial charge < -0.3 is 20.5 Å². The van der Waals surface area contributed by atoms with Gasteiger partial charge in [0.15, 0.2) is 5.75 Å². The maximum absolute atomic E-state index is 12.4. The van der Waals surface area contributed by atoms with Crippen LogP contribution in [0.3, 0.4) is 0 Å². The summed E-state index contributed by atoms with van der Waals surface area (Å²) in [7, 11) is 0. The van der Waals surface area contributed by atoms with Gasteiger partial charge in [-0.05, 0) is 31.4 Å². The van der Waals surface area contributed by atoms with Gasteiger partial charge >= 0.3 is 13.2 Å². The molecule has 0 saturated heterocycles. The van der Waals surface area contributed by atoms with E-state index < -0.39 is 19.0 Å². The third-order valence-corrected chi connectivity index (χ3v) is 3.50. The molecular formula is C14H17ClF4N2O3. The lowest BCUT2D eigenvalue weighted by atomic mass is 10.1. The second kappa shape index (κ2) is 8.93. The van der Waals surface area contributed by atoms with Gasteiger partial charge in [-0.1, -0.05) is 0 Å². The van der Waals surface area contributed by atoms with Crippen molar-refractivity contribution in [2.24, 2.45) is 11.7 Å². The molecule has 1 saturated carbocycles. The molecule has 5 nitrogen and oxygen atoms in total. The number of nitrogens with one attached hydrogen (secondary N) is 1. The quantitative estimate of drug-likeness (QED) is 0.751. The highest BCUT2D eigenvalue weighted by Gasteiger charge is 2.28. The summed E-state index contributed by atoms with van der Waals surface area (Å²) in [5, 5.41) is 2.46. The molecule has 2 rings (SSSR count). The molecule has 2 unspecified atom stereocenters. The molecule has 1 fully saturated rings. The van der Waals surface area contributed by atoms with E-state index in [1.165, 1.54) is 6.07 Å². The van der Waals surface area contributed by atoms with E-state index in [-0.39, 0.29) is 41.7 Å². The van der Waals surface area contributed by atoms with Crippen LogP contribution in [-0.4, -0.2) is 25.2 Å². The van der Waals surface area contributed by atoms with Crippen molar-refractivity contribution in [3.05, 3.63) is 18.2 Å². The minimum Gasteiger partial charge on any atom is -0.435 e. The molecule has 1 amide bonds. The number of carbonyl (C=O) groups is 1. The van der Waals surface area contributed by atoms with Crippen molar-refractivity contribution >= 4 is 24.0 Å². The molecular weight excluding hydrogens is 356 g/mol. The Morgan fingerprint density at radius 2 is 1.83 bits per heavy atom. The summed E-state index contributed by atoms with van der Waals surface area (Å²) in [4.78, 5) is 12.1. The first-order valence-electron chi connectivity index (χ1n) is 6.95. The molecule has 1 aromatic rings. The molecule has 136 valence electrons. The lowest BCUT2D eigenvalue weighted by molar-refractivity contribution is -0.119. The Balaban J connectivity index is 0.00000288. The first-order chi connectivity index (χ1) is 10.8. The van der Waals surface area contributed by atoms with E-state index in [0.717, 1.165) is 12.1 Å². The normalized spacial score (nSPS) is 20.0. The average molecular weight is 373 g/mol. The highest BCUT2D eigenvalue weighted by atomic mass is 35.5. The molecule has 0 radical (unpaired) electrons. The third-order valence-electron chi connectivity index (χ3n) is 3.50. The van der Waals surface area contributed by atoms with Crippen LogP contribution < -0.4 is 20.5 Å². The predicted molar refractivity (Wildman–Crippen MR) is 80.9 cm³/mol. The number of anilines is 1. The number of benzene rings is 1. The number of alkyl halides is 4. The highest BCUT2D eigenvalue weighted by molar-refractivity contribution is 5.94. The number of rotatable bonds is 6. The second-order valence-corrected chi connectivity index (χ2v) is 5.17. The zero-order valence-corrected chi connectivity index (χ0v) is 13.2. The molecule has 10 heteroatoms. The molecule has 3 N–H and O–H groups in total. The van der Waals surface area contributed by atoms with Crippen LogP contribution in [-0.2, 0) is 4.79 Å². The molecule has 1 aliphatic rings. The number of ether oxygens (including phenoxy) is 2. The zero-order chi connectivity index (χ0) is 17.0. The van der Waals surface area contributed by atoms with E-state index >= 15 is 0 Å². The number of hydrogen-bond donors (Lipinski definition) is 2. The van der Waals surface area contributed by atoms with Gasteiger partial charge in [-0.25, -0.2) is 0 Å². The number of carbonyl (C=O) groups excluding carboxylic acids is 1. The largest absolute Gasteiger partial charge is 0.435 e. The Kier molecular flexibility index (Phi) is 7.56. The van der Waals surface area contributed by atoms with Gasteiger partial charge in [0, 0.05) is 18.0 Å². The van der Waals surface area contributed by atoms with E-state index in [1.54, 1.807) is 0 Å². The van der Waals surface area contributed by atoms with Gasteiger partial charge in [-0.3, -0.25) is 4.79 Å². The van der Waals surface area contributed by atoms with Crippen LogP contribution in [0.4, 0.5) is 23.2 Å². The smallest absolute Gasteiger partial charge is 0.387 e. The molecule has 0 aromatic heterocycles. The lowest BCUT2D eigenvalue weighted by Crippen LogP contribution is -2.23. The Bertz CT molecular complexity index is 563. The van der Waals surface area contributed by atoms with Crippen LogP contribution in [0, 0.1) is 5.92 Å². The maximum atomic E-state index is 12.4. The molecule has 1 aromatic carbocycles. The van der Waals surface area contributed by atoms with Crippen LogP contribution in [0.5, 0.6) is 11.5 Å². The SMILES string of the molecule is Cl.NC1CCC(C(=O)Nc2ccc(OC(F)F)cc2OC(F)F)C1. The molecule has 0 aliphatic heterocycles. The molecule has 24 heavy (non-hydrogen) atoms. The molecule has 0 heterocycles. The topological polar surface area (TPSA) is 73.6 Å². The summed E-state index contributed by atoms with van der Waals surface area (Å²) in [5.74, 6) is -1.49. The van der Waals surface area contributed by atoms with Crippen molar-refractivity contribution in [2.75, 3.05) is 5.32 Å². The van der Waals surface area contributed by atoms with Crippen LogP contribution in [0.2, 0.25) is 0 Å². The average Bonchev–Trinajstić information content (AvgIpc) is 2.87. The standard InChI is InChI=1S/C14H16F4N2O3.ClH/c15-13(16)22-9-3-4-10(11(6-9)23-14(17)18)20-12(21)7-1-2-8(19)5-7;/h3-4,6-8,13-14H,1-2,5,19H2,(H,20,21);1H. The van der Waals surface area contributed by atoms with Gasteiger partial charge in [-0.15, -0.1) is 12.4 Å². The molecule has 0 spiro atoms. The monoisotopic (exact) mass is 372 g/mol. The summed E-state index contributed by atoms with van der Waals surface area (Å²) < 4.78 is 57.6. The van der Waals surface area contributed by atoms with Gasteiger partial charge in [0.05, 0.1) is 5.69 Å². The summed E-state index contributed by atoms with van der Waals surface area (Å²) in [5.41, 5.74) is 5.68. The van der Waals surface area contributed by atoms with Crippen LogP contribution in [0.25, 0.3) is 0 Å². The third kappa shape index (κ3) is 5.72. The van der Waals surface area contributed by atoms with Gasteiger partial charge in [0.25, 0.3) is 0 Å². The van der Waals surface area contributed by atoms with Gasteiger partial charge in [0.1, 0.15) is 5.75 Å². The van der Waals surface area contributed by atoms with Crippen molar-refractivity contribution < 1.29 is 31.8 Å². The van der Waals surface area contributed by atoms with E-state index in [1.807, 2.05) is 0 Å². The summed E-state index contributed by atoms with van der Waals surface area (Å²) in [6.07, 6.45) is 1.81. The Labute approximate surface area is 141 Å². The van der Waals surface area contributed by atoms with Gasteiger partial charge in [0.2, 0.25) is 5.91 Å². The van der Waals surface area contributed by atoms with Crippen LogP contribution >= 0.6 is 12.4 Å². The van der Waals surface area contributed by atoms with Crippen molar-refractivity contribution in [2.45, 2.75) is 38.5 Å². The Morgan fingerprint density at radius 3 is 2.38 bits per heavy atom. The lowest BCUT2D eigenvalue weighted by Gasteiger charge is -2.16. The van der Waals surface area contributed by atoms with Crippen molar-refractivity contribution in [1.82, 2.24) is 0 Å². The molecule has 0 bridgehead atoms. The fourth-order valence-electron chi connectivity index (χ4n) is 2.46. The first-order valence-corrected chi connectivity index (χ1v) is 6.95. The highest BCUT2D eigenvalue weighted by Crippen LogP contribution is 2.33. The van der Waals surface area contributed by atoms with E-state index in [2.05, 4.69) is 14.8 Å². The van der Waals surface area contributed by atoms with E-state index in [0.29, 0.717) is 19.3 Å². The summed E-state index contributed by atoms with van der Waals surface area (Å²) >= 11 is 0. The van der Waals surface area contributed by atoms with Crippen molar-refractivity contribution in [3.63, 3.8) is 0 Å². The fraction of sp³-hybridized carbons (Fsp3) is 0.500. The van der Waals surface area contributed by atoms with E-state index in [4.69, 9.17) is 5.73 Å². The van der Waals surface area contributed by atoms with Crippen LogP contribution in [0.15, 0.2) is 18.2 Å². The first kappa shape index (κ1) is 20.3. The molecule has 1 aliphatic carbocycles. The maximum Gasteiger partial charge on any atom is 0.387 e. The van der Waals surface area contributed by atoms with Crippen molar-refractivity contribution in [1.29, 1.82) is 0 Å². The fourth-order valence-corrected chi connectivity index (χ4v) is 2.46. The summed E-state index contributed by atoms with van der Waals surface area (Å²) in [6.45, 7) is -6.28. The number of hydrogen-bond acceptors (Lipinski definition) is 4. The number of nitrogens with two attached hydrogens (primary N) is 1. The van der Waals surface area contributed by atoms with Gasteiger partial charge in [-0.2, -0.15) is 17.6 Å².